The zero-order valence-corrected chi connectivity index (χ0v) is 12.6. The number of rotatable bonds is 4. The van der Waals surface area contributed by atoms with E-state index in [1.165, 1.54) is 37.9 Å². The number of benzene rings is 1. The molecule has 1 aliphatic heterocycles. The molecule has 1 heterocycles. The molecule has 3 heteroatoms. The zero-order chi connectivity index (χ0) is 13.7. The van der Waals surface area contributed by atoms with Crippen molar-refractivity contribution in [2.45, 2.75) is 38.6 Å². The summed E-state index contributed by atoms with van der Waals surface area (Å²) in [4.78, 5) is 2.57. The van der Waals surface area contributed by atoms with Gasteiger partial charge in [0.05, 0.1) is 0 Å². The summed E-state index contributed by atoms with van der Waals surface area (Å²) in [6, 6.07) is 8.04. The van der Waals surface area contributed by atoms with E-state index < -0.39 is 0 Å². The molecule has 2 atom stereocenters. The molecule has 1 aromatic rings. The van der Waals surface area contributed by atoms with Crippen LogP contribution in [0.5, 0.6) is 0 Å². The Morgan fingerprint density at radius 3 is 2.74 bits per heavy atom. The predicted molar refractivity (Wildman–Crippen MR) is 82.5 cm³/mol. The van der Waals surface area contributed by atoms with Crippen LogP contribution in [0.3, 0.4) is 0 Å². The lowest BCUT2D eigenvalue weighted by molar-refractivity contribution is 0.270. The number of nitrogens with two attached hydrogens (primary N) is 1. The molecule has 1 aromatic carbocycles. The highest BCUT2D eigenvalue weighted by Crippen LogP contribution is 2.20. The topological polar surface area (TPSA) is 29.3 Å². The van der Waals surface area contributed by atoms with Crippen LogP contribution in [0.2, 0.25) is 5.02 Å². The first-order chi connectivity index (χ1) is 9.15. The third kappa shape index (κ3) is 4.79. The smallest absolute Gasteiger partial charge is 0.0406 e. The fourth-order valence-electron chi connectivity index (χ4n) is 2.74. The van der Waals surface area contributed by atoms with Crippen LogP contribution in [-0.4, -0.2) is 24.5 Å². The molecule has 0 bridgehead atoms. The van der Waals surface area contributed by atoms with Crippen molar-refractivity contribution in [3.05, 3.63) is 34.9 Å². The minimum Gasteiger partial charge on any atom is -0.324 e. The molecule has 0 aromatic heterocycles. The number of hydrogen-bond donors (Lipinski definition) is 1. The second-order valence-corrected chi connectivity index (χ2v) is 6.26. The van der Waals surface area contributed by atoms with E-state index in [0.29, 0.717) is 0 Å². The average molecular weight is 281 g/mol. The van der Waals surface area contributed by atoms with Gasteiger partial charge in [0, 0.05) is 11.1 Å². The van der Waals surface area contributed by atoms with Crippen molar-refractivity contribution in [1.82, 2.24) is 4.90 Å². The van der Waals surface area contributed by atoms with Gasteiger partial charge in [0.15, 0.2) is 0 Å². The Kier molecular flexibility index (Phi) is 5.68. The van der Waals surface area contributed by atoms with E-state index in [1.807, 2.05) is 24.3 Å². The Bertz CT molecular complexity index is 377. The molecule has 1 fully saturated rings. The molecule has 19 heavy (non-hydrogen) atoms. The maximum atomic E-state index is 6.26. The number of halogens is 1. The van der Waals surface area contributed by atoms with E-state index in [9.17, 15) is 0 Å². The lowest BCUT2D eigenvalue weighted by atomic mass is 10.0. The third-order valence-corrected chi connectivity index (χ3v) is 4.42. The van der Waals surface area contributed by atoms with Gasteiger partial charge in [0.1, 0.15) is 0 Å². The summed E-state index contributed by atoms with van der Waals surface area (Å²) in [6.45, 7) is 5.94. The number of nitrogens with zero attached hydrogens (tertiary/aromatic N) is 1. The van der Waals surface area contributed by atoms with Gasteiger partial charge < -0.3 is 10.6 Å². The summed E-state index contributed by atoms with van der Waals surface area (Å²) in [7, 11) is 0. The van der Waals surface area contributed by atoms with Crippen molar-refractivity contribution in [2.24, 2.45) is 11.7 Å². The maximum absolute atomic E-state index is 6.26. The summed E-state index contributed by atoms with van der Waals surface area (Å²) in [6.07, 6.45) is 5.06. The van der Waals surface area contributed by atoms with Gasteiger partial charge in [0.25, 0.3) is 0 Å². The van der Waals surface area contributed by atoms with Crippen molar-refractivity contribution < 1.29 is 0 Å². The van der Waals surface area contributed by atoms with E-state index in [1.54, 1.807) is 0 Å². The van der Waals surface area contributed by atoms with Gasteiger partial charge in [-0.2, -0.15) is 0 Å². The normalized spacial score (nSPS) is 23.0. The second kappa shape index (κ2) is 7.28. The van der Waals surface area contributed by atoms with E-state index in [-0.39, 0.29) is 6.04 Å². The Morgan fingerprint density at radius 2 is 2.00 bits per heavy atom. The van der Waals surface area contributed by atoms with E-state index in [2.05, 4.69) is 11.8 Å². The quantitative estimate of drug-likeness (QED) is 0.908. The molecule has 106 valence electrons. The van der Waals surface area contributed by atoms with Gasteiger partial charge in [-0.25, -0.2) is 0 Å². The summed E-state index contributed by atoms with van der Waals surface area (Å²) in [5, 5.41) is 0.775. The van der Waals surface area contributed by atoms with Crippen LogP contribution in [-0.2, 0) is 0 Å². The van der Waals surface area contributed by atoms with Crippen molar-refractivity contribution in [3.63, 3.8) is 0 Å². The molecule has 0 radical (unpaired) electrons. The van der Waals surface area contributed by atoms with Gasteiger partial charge in [-0.15, -0.1) is 0 Å². The van der Waals surface area contributed by atoms with Crippen LogP contribution in [0.15, 0.2) is 24.3 Å². The minimum atomic E-state index is 0.123. The Labute approximate surface area is 121 Å². The van der Waals surface area contributed by atoms with Crippen molar-refractivity contribution in [2.75, 3.05) is 19.6 Å². The maximum Gasteiger partial charge on any atom is 0.0406 e. The molecular formula is C16H25ClN2. The van der Waals surface area contributed by atoms with Gasteiger partial charge in [-0.05, 0) is 68.9 Å². The van der Waals surface area contributed by atoms with Crippen LogP contribution < -0.4 is 5.73 Å². The van der Waals surface area contributed by atoms with Gasteiger partial charge >= 0.3 is 0 Å². The molecule has 1 saturated heterocycles. The molecule has 0 saturated carbocycles. The Morgan fingerprint density at radius 1 is 1.26 bits per heavy atom. The molecule has 1 aliphatic rings. The summed E-state index contributed by atoms with van der Waals surface area (Å²) in [5.74, 6) is 0.884. The van der Waals surface area contributed by atoms with Gasteiger partial charge in [0.2, 0.25) is 0 Å². The summed E-state index contributed by atoms with van der Waals surface area (Å²) in [5.41, 5.74) is 7.45. The fraction of sp³-hybridized carbons (Fsp3) is 0.625. The molecule has 0 spiro atoms. The van der Waals surface area contributed by atoms with Crippen LogP contribution in [0, 0.1) is 5.92 Å². The van der Waals surface area contributed by atoms with E-state index in [0.717, 1.165) is 23.9 Å². The lowest BCUT2D eigenvalue weighted by Crippen LogP contribution is -2.28. The Hall–Kier alpha value is -0.570. The highest BCUT2D eigenvalue weighted by Gasteiger charge is 2.15. The Balaban J connectivity index is 1.79. The van der Waals surface area contributed by atoms with Crippen molar-refractivity contribution in [3.8, 4) is 0 Å². The minimum absolute atomic E-state index is 0.123. The van der Waals surface area contributed by atoms with Crippen molar-refractivity contribution >= 4 is 11.6 Å². The molecule has 2 N–H and O–H groups in total. The van der Waals surface area contributed by atoms with Crippen LogP contribution in [0.4, 0.5) is 0 Å². The van der Waals surface area contributed by atoms with Crippen molar-refractivity contribution in [1.29, 1.82) is 0 Å². The second-order valence-electron chi connectivity index (χ2n) is 5.82. The zero-order valence-electron chi connectivity index (χ0n) is 11.8. The first-order valence-electron chi connectivity index (χ1n) is 7.38. The SMILES string of the molecule is CC1CCCN(CCC(N)c2ccc(Cl)cc2)CC1. The van der Waals surface area contributed by atoms with Crippen LogP contribution >= 0.6 is 11.6 Å². The van der Waals surface area contributed by atoms with Gasteiger partial charge in [-0.3, -0.25) is 0 Å². The molecule has 2 nitrogen and oxygen atoms in total. The predicted octanol–water partition coefficient (Wildman–Crippen LogP) is 3.85. The van der Waals surface area contributed by atoms with Crippen LogP contribution in [0.1, 0.15) is 44.2 Å². The van der Waals surface area contributed by atoms with E-state index >= 15 is 0 Å². The van der Waals surface area contributed by atoms with Crippen LogP contribution in [0.25, 0.3) is 0 Å². The first-order valence-corrected chi connectivity index (χ1v) is 7.76. The first kappa shape index (κ1) is 14.8. The highest BCUT2D eigenvalue weighted by atomic mass is 35.5. The van der Waals surface area contributed by atoms with Gasteiger partial charge in [-0.1, -0.05) is 30.7 Å². The fourth-order valence-corrected chi connectivity index (χ4v) is 2.87. The molecular weight excluding hydrogens is 256 g/mol. The lowest BCUT2D eigenvalue weighted by Gasteiger charge is -2.22. The third-order valence-electron chi connectivity index (χ3n) is 4.16. The molecule has 2 rings (SSSR count). The molecule has 0 aliphatic carbocycles. The molecule has 2 unspecified atom stereocenters. The number of likely N-dealkylation sites (tertiary alicyclic amines) is 1. The average Bonchev–Trinajstić information content (AvgIpc) is 2.61. The summed E-state index contributed by atoms with van der Waals surface area (Å²) < 4.78 is 0. The monoisotopic (exact) mass is 280 g/mol. The van der Waals surface area contributed by atoms with E-state index in [4.69, 9.17) is 17.3 Å². The number of hydrogen-bond acceptors (Lipinski definition) is 2. The standard InChI is InChI=1S/C16H25ClN2/c1-13-3-2-10-19(11-8-13)12-9-16(18)14-4-6-15(17)7-5-14/h4-7,13,16H,2-3,8-12,18H2,1H3. The largest absolute Gasteiger partial charge is 0.324 e. The highest BCUT2D eigenvalue weighted by molar-refractivity contribution is 6.30. The molecule has 0 amide bonds. The summed E-state index contributed by atoms with van der Waals surface area (Å²) >= 11 is 5.90.